The summed E-state index contributed by atoms with van der Waals surface area (Å²) in [4.78, 5) is 35.8. The number of benzene rings is 2. The van der Waals surface area contributed by atoms with Crippen LogP contribution < -0.4 is 10.9 Å². The van der Waals surface area contributed by atoms with E-state index in [2.05, 4.69) is 20.3 Å². The molecule has 0 saturated heterocycles. The summed E-state index contributed by atoms with van der Waals surface area (Å²) in [6, 6.07) is 13.3. The molecule has 2 N–H and O–H groups in total. The quantitative estimate of drug-likeness (QED) is 0.345. The summed E-state index contributed by atoms with van der Waals surface area (Å²) < 4.78 is 14.0. The maximum Gasteiger partial charge on any atom is 0.251 e. The summed E-state index contributed by atoms with van der Waals surface area (Å²) in [7, 11) is 0. The molecule has 1 amide bonds. The van der Waals surface area contributed by atoms with Crippen molar-refractivity contribution in [1.29, 1.82) is 0 Å². The summed E-state index contributed by atoms with van der Waals surface area (Å²) in [5.74, 6) is -0.0748. The summed E-state index contributed by atoms with van der Waals surface area (Å²) >= 11 is 2.71. The van der Waals surface area contributed by atoms with Crippen molar-refractivity contribution in [3.05, 3.63) is 81.5 Å². The van der Waals surface area contributed by atoms with E-state index < -0.39 is 0 Å². The highest BCUT2D eigenvalue weighted by Gasteiger charge is 2.11. The highest BCUT2D eigenvalue weighted by atomic mass is 32.2. The number of amides is 1. The number of rotatable bonds is 6. The summed E-state index contributed by atoms with van der Waals surface area (Å²) in [6.07, 6.45) is -0.0387. The molecule has 2 heterocycles. The molecule has 2 aromatic heterocycles. The molecule has 4 aromatic rings. The molecular formula is C21H17FN4O2S2. The second-order valence-corrected chi connectivity index (χ2v) is 8.67. The van der Waals surface area contributed by atoms with Crippen molar-refractivity contribution in [2.24, 2.45) is 0 Å². The molecule has 4 rings (SSSR count). The Morgan fingerprint density at radius 1 is 1.17 bits per heavy atom. The van der Waals surface area contributed by atoms with Crippen LogP contribution in [0.15, 0.2) is 58.5 Å². The predicted octanol–water partition coefficient (Wildman–Crippen LogP) is 4.30. The zero-order valence-electron chi connectivity index (χ0n) is 15.9. The van der Waals surface area contributed by atoms with E-state index in [1.807, 2.05) is 25.1 Å². The zero-order chi connectivity index (χ0) is 21.1. The first-order valence-electron chi connectivity index (χ1n) is 9.09. The lowest BCUT2D eigenvalue weighted by Gasteiger charge is -2.05. The van der Waals surface area contributed by atoms with E-state index in [1.54, 1.807) is 12.1 Å². The Morgan fingerprint density at radius 3 is 2.77 bits per heavy atom. The first-order chi connectivity index (χ1) is 14.4. The van der Waals surface area contributed by atoms with Gasteiger partial charge in [0.15, 0.2) is 10.3 Å². The van der Waals surface area contributed by atoms with Gasteiger partial charge in [-0.15, -0.1) is 0 Å². The van der Waals surface area contributed by atoms with E-state index in [0.29, 0.717) is 21.7 Å². The summed E-state index contributed by atoms with van der Waals surface area (Å²) in [6.45, 7) is 2.00. The van der Waals surface area contributed by atoms with E-state index in [4.69, 9.17) is 0 Å². The third-order valence-corrected chi connectivity index (χ3v) is 6.07. The van der Waals surface area contributed by atoms with E-state index in [1.165, 1.54) is 41.3 Å². The molecule has 30 heavy (non-hydrogen) atoms. The fraction of sp³-hybridized carbons (Fsp3) is 0.143. The number of thioether (sulfide) groups is 1. The van der Waals surface area contributed by atoms with Gasteiger partial charge in [0.1, 0.15) is 5.82 Å². The van der Waals surface area contributed by atoms with Gasteiger partial charge in [-0.25, -0.2) is 14.4 Å². The Kier molecular flexibility index (Phi) is 5.91. The van der Waals surface area contributed by atoms with Gasteiger partial charge < -0.3 is 10.3 Å². The van der Waals surface area contributed by atoms with Gasteiger partial charge in [0.25, 0.3) is 5.56 Å². The van der Waals surface area contributed by atoms with Gasteiger partial charge in [-0.3, -0.25) is 9.59 Å². The molecule has 6 nitrogen and oxygen atoms in total. The minimum absolute atomic E-state index is 0.0387. The van der Waals surface area contributed by atoms with Crippen LogP contribution in [-0.4, -0.2) is 20.9 Å². The Labute approximate surface area is 179 Å². The van der Waals surface area contributed by atoms with Crippen LogP contribution >= 0.6 is 23.1 Å². The number of hydrogen-bond donors (Lipinski definition) is 2. The number of aromatic amines is 1. The Hall–Kier alpha value is -3.04. The van der Waals surface area contributed by atoms with Crippen LogP contribution in [0.3, 0.4) is 0 Å². The first-order valence-corrected chi connectivity index (χ1v) is 10.9. The molecule has 0 saturated carbocycles. The number of carbonyl (C=O) groups is 1. The Bertz CT molecular complexity index is 1270. The lowest BCUT2D eigenvalue weighted by Crippen LogP contribution is -2.18. The van der Waals surface area contributed by atoms with Gasteiger partial charge in [0, 0.05) is 11.8 Å². The topological polar surface area (TPSA) is 87.7 Å². The molecule has 2 aromatic carbocycles. The molecule has 0 unspecified atom stereocenters. The molecule has 0 radical (unpaired) electrons. The zero-order valence-corrected chi connectivity index (χ0v) is 17.6. The number of H-pyrrole nitrogens is 1. The van der Waals surface area contributed by atoms with Crippen molar-refractivity contribution in [2.45, 2.75) is 24.3 Å². The van der Waals surface area contributed by atoms with Gasteiger partial charge >= 0.3 is 0 Å². The fourth-order valence-electron chi connectivity index (χ4n) is 2.79. The average Bonchev–Trinajstić information content (AvgIpc) is 3.08. The standard InChI is InChI=1S/C21H17FN4O2S2/c1-12-2-7-16-17(8-12)30-21(24-16)26-19(28)10-15-9-18(27)25-20(23-15)29-11-13-3-5-14(22)6-4-13/h2-9H,10-11H2,1H3,(H,23,25,27)(H,24,26,28). The number of hydrogen-bond acceptors (Lipinski definition) is 6. The van der Waals surface area contributed by atoms with E-state index >= 15 is 0 Å². The number of aryl methyl sites for hydroxylation is 1. The van der Waals surface area contributed by atoms with Crippen LogP contribution in [0, 0.1) is 12.7 Å². The van der Waals surface area contributed by atoms with Gasteiger partial charge in [-0.1, -0.05) is 41.3 Å². The number of aromatic nitrogens is 3. The third kappa shape index (κ3) is 5.11. The molecule has 152 valence electrons. The number of halogens is 1. The first kappa shape index (κ1) is 20.2. The molecule has 0 aliphatic carbocycles. The molecular weight excluding hydrogens is 423 g/mol. The van der Waals surface area contributed by atoms with Crippen LogP contribution in [0.2, 0.25) is 0 Å². The van der Waals surface area contributed by atoms with Crippen molar-refractivity contribution < 1.29 is 9.18 Å². The van der Waals surface area contributed by atoms with Crippen LogP contribution in [0.25, 0.3) is 10.2 Å². The van der Waals surface area contributed by atoms with E-state index in [9.17, 15) is 14.0 Å². The van der Waals surface area contributed by atoms with Crippen molar-refractivity contribution in [3.63, 3.8) is 0 Å². The Balaban J connectivity index is 1.42. The second kappa shape index (κ2) is 8.76. The van der Waals surface area contributed by atoms with Crippen LogP contribution in [-0.2, 0) is 17.0 Å². The van der Waals surface area contributed by atoms with Crippen LogP contribution in [0.1, 0.15) is 16.8 Å². The normalized spacial score (nSPS) is 11.0. The second-order valence-electron chi connectivity index (χ2n) is 6.67. The molecule has 9 heteroatoms. The number of nitrogens with zero attached hydrogens (tertiary/aromatic N) is 2. The van der Waals surface area contributed by atoms with Crippen molar-refractivity contribution in [1.82, 2.24) is 15.0 Å². The van der Waals surface area contributed by atoms with Crippen LogP contribution in [0.4, 0.5) is 9.52 Å². The molecule has 0 fully saturated rings. The SMILES string of the molecule is Cc1ccc2nc(NC(=O)Cc3cc(=O)[nH]c(SCc4ccc(F)cc4)n3)sc2c1. The van der Waals surface area contributed by atoms with Gasteiger partial charge in [0.2, 0.25) is 5.91 Å². The lowest BCUT2D eigenvalue weighted by molar-refractivity contribution is -0.115. The number of thiazole rings is 1. The van der Waals surface area contributed by atoms with Gasteiger partial charge in [-0.05, 0) is 42.3 Å². The largest absolute Gasteiger partial charge is 0.302 e. The van der Waals surface area contributed by atoms with Crippen LogP contribution in [0.5, 0.6) is 0 Å². The van der Waals surface area contributed by atoms with Crippen molar-refractivity contribution in [3.8, 4) is 0 Å². The maximum absolute atomic E-state index is 13.0. The van der Waals surface area contributed by atoms with E-state index in [-0.39, 0.29) is 23.7 Å². The lowest BCUT2D eigenvalue weighted by atomic mass is 10.2. The molecule has 0 atom stereocenters. The Morgan fingerprint density at radius 2 is 1.97 bits per heavy atom. The van der Waals surface area contributed by atoms with E-state index in [0.717, 1.165) is 21.3 Å². The van der Waals surface area contributed by atoms with Gasteiger partial charge in [-0.2, -0.15) is 0 Å². The number of anilines is 1. The highest BCUT2D eigenvalue weighted by molar-refractivity contribution is 7.98. The monoisotopic (exact) mass is 440 g/mol. The highest BCUT2D eigenvalue weighted by Crippen LogP contribution is 2.26. The maximum atomic E-state index is 13.0. The molecule has 0 bridgehead atoms. The number of nitrogens with one attached hydrogen (secondary N) is 2. The molecule has 0 spiro atoms. The van der Waals surface area contributed by atoms with Gasteiger partial charge in [0.05, 0.1) is 22.3 Å². The fourth-order valence-corrected chi connectivity index (χ4v) is 4.62. The summed E-state index contributed by atoms with van der Waals surface area (Å²) in [5, 5.41) is 3.69. The third-order valence-electron chi connectivity index (χ3n) is 4.19. The summed E-state index contributed by atoms with van der Waals surface area (Å²) in [5.41, 5.74) is 2.90. The number of carbonyl (C=O) groups excluding carboxylic acids is 1. The van der Waals surface area contributed by atoms with Crippen molar-refractivity contribution in [2.75, 3.05) is 5.32 Å². The molecule has 0 aliphatic rings. The minimum atomic E-state index is -0.329. The molecule has 0 aliphatic heterocycles. The predicted molar refractivity (Wildman–Crippen MR) is 118 cm³/mol. The average molecular weight is 441 g/mol. The number of fused-ring (bicyclic) bond motifs is 1. The smallest absolute Gasteiger partial charge is 0.251 e. The minimum Gasteiger partial charge on any atom is -0.302 e. The van der Waals surface area contributed by atoms with Crippen molar-refractivity contribution >= 4 is 44.4 Å².